The number of methoxy groups -OCH3 is 2. The van der Waals surface area contributed by atoms with Crippen molar-refractivity contribution < 1.29 is 33.3 Å². The molecule has 28 heavy (non-hydrogen) atoms. The van der Waals surface area contributed by atoms with Gasteiger partial charge in [0.2, 0.25) is 5.75 Å². The second-order valence-corrected chi connectivity index (χ2v) is 6.09. The monoisotopic (exact) mass is 386 g/mol. The third-order valence-electron chi connectivity index (χ3n) is 4.34. The summed E-state index contributed by atoms with van der Waals surface area (Å²) in [7, 11) is 3.01. The average molecular weight is 386 g/mol. The molecule has 148 valence electrons. The number of fused-ring (bicyclic) bond motifs is 1. The van der Waals surface area contributed by atoms with Gasteiger partial charge in [0.05, 0.1) is 26.4 Å². The molecule has 3 rings (SSSR count). The van der Waals surface area contributed by atoms with Gasteiger partial charge in [-0.15, -0.1) is 0 Å². The predicted octanol–water partition coefficient (Wildman–Crippen LogP) is 3.37. The summed E-state index contributed by atoms with van der Waals surface area (Å²) in [5, 5.41) is 0. The topological polar surface area (TPSA) is 80.3 Å². The molecule has 2 aromatic rings. The van der Waals surface area contributed by atoms with Crippen LogP contribution in [0.2, 0.25) is 0 Å². The van der Waals surface area contributed by atoms with Crippen molar-refractivity contribution in [3.63, 3.8) is 0 Å². The van der Waals surface area contributed by atoms with Crippen molar-refractivity contribution in [1.29, 1.82) is 0 Å². The molecule has 2 aromatic carbocycles. The molecule has 7 nitrogen and oxygen atoms in total. The van der Waals surface area contributed by atoms with Crippen molar-refractivity contribution in [2.75, 3.05) is 27.4 Å². The lowest BCUT2D eigenvalue weighted by Gasteiger charge is -2.18. The molecule has 0 N–H and O–H groups in total. The van der Waals surface area contributed by atoms with E-state index in [0.717, 1.165) is 17.5 Å². The maximum Gasteiger partial charge on any atom is 0.344 e. The van der Waals surface area contributed by atoms with E-state index in [9.17, 15) is 9.59 Å². The fourth-order valence-electron chi connectivity index (χ4n) is 3.04. The van der Waals surface area contributed by atoms with Gasteiger partial charge < -0.3 is 23.7 Å². The number of esters is 2. The normalized spacial score (nSPS) is 12.2. The minimum Gasteiger partial charge on any atom is -0.493 e. The predicted molar refractivity (Wildman–Crippen MR) is 101 cm³/mol. The largest absolute Gasteiger partial charge is 0.493 e. The molecule has 0 saturated heterocycles. The highest BCUT2D eigenvalue weighted by atomic mass is 16.6. The van der Waals surface area contributed by atoms with Crippen LogP contribution in [0, 0.1) is 0 Å². The number of rotatable bonds is 8. The van der Waals surface area contributed by atoms with Crippen LogP contribution >= 0.6 is 0 Å². The highest BCUT2D eigenvalue weighted by Gasteiger charge is 2.27. The van der Waals surface area contributed by atoms with Crippen molar-refractivity contribution in [2.24, 2.45) is 0 Å². The third-order valence-corrected chi connectivity index (χ3v) is 4.34. The van der Waals surface area contributed by atoms with Gasteiger partial charge in [0, 0.05) is 11.1 Å². The first-order chi connectivity index (χ1) is 13.6. The van der Waals surface area contributed by atoms with Gasteiger partial charge in [-0.2, -0.15) is 0 Å². The summed E-state index contributed by atoms with van der Waals surface area (Å²) in [4.78, 5) is 23.8. The van der Waals surface area contributed by atoms with Crippen LogP contribution in [0.15, 0.2) is 30.3 Å². The lowest BCUT2D eigenvalue weighted by molar-refractivity contribution is -0.146. The van der Waals surface area contributed by atoms with Crippen molar-refractivity contribution in [3.8, 4) is 28.4 Å². The fraction of sp³-hybridized carbons (Fsp3) is 0.333. The van der Waals surface area contributed by atoms with E-state index >= 15 is 0 Å². The number of carbonyl (C=O) groups excluding carboxylic acids is 2. The number of carbonyl (C=O) groups is 2. The maximum atomic E-state index is 11.9. The molecule has 0 aromatic heterocycles. The highest BCUT2D eigenvalue weighted by molar-refractivity contribution is 5.96. The maximum absolute atomic E-state index is 11.9. The van der Waals surface area contributed by atoms with Gasteiger partial charge in [0.15, 0.2) is 18.1 Å². The molecule has 0 radical (unpaired) electrons. The van der Waals surface area contributed by atoms with E-state index in [1.165, 1.54) is 14.2 Å². The van der Waals surface area contributed by atoms with Crippen LogP contribution < -0.4 is 14.2 Å². The van der Waals surface area contributed by atoms with Crippen molar-refractivity contribution >= 4 is 11.9 Å². The Balaban J connectivity index is 2.04. The van der Waals surface area contributed by atoms with E-state index in [1.807, 2.05) is 13.0 Å². The summed E-state index contributed by atoms with van der Waals surface area (Å²) in [6, 6.07) is 8.90. The Kier molecular flexibility index (Phi) is 6.03. The number of hydrogen-bond acceptors (Lipinski definition) is 7. The number of benzene rings is 2. The Morgan fingerprint density at radius 3 is 2.54 bits per heavy atom. The molecule has 7 heteroatoms. The second kappa shape index (κ2) is 8.65. The molecule has 0 spiro atoms. The molecule has 1 heterocycles. The lowest BCUT2D eigenvalue weighted by atomic mass is 9.95. The molecule has 0 unspecified atom stereocenters. The molecule has 0 atom stereocenters. The summed E-state index contributed by atoms with van der Waals surface area (Å²) in [5.41, 5.74) is 2.70. The SMILES string of the molecule is CCCOC(=O)COc1c(-c2cccc3c2COC3=O)ccc(OC)c1OC. The number of cyclic esters (lactones) is 1. The van der Waals surface area contributed by atoms with Crippen molar-refractivity contribution in [2.45, 2.75) is 20.0 Å². The van der Waals surface area contributed by atoms with Crippen LogP contribution in [0.25, 0.3) is 11.1 Å². The molecule has 0 amide bonds. The van der Waals surface area contributed by atoms with E-state index in [1.54, 1.807) is 24.3 Å². The average Bonchev–Trinajstić information content (AvgIpc) is 3.11. The van der Waals surface area contributed by atoms with Crippen LogP contribution in [0.5, 0.6) is 17.2 Å². The Morgan fingerprint density at radius 2 is 1.82 bits per heavy atom. The van der Waals surface area contributed by atoms with Gasteiger partial charge >= 0.3 is 11.9 Å². The van der Waals surface area contributed by atoms with E-state index in [-0.39, 0.29) is 19.2 Å². The number of hydrogen-bond donors (Lipinski definition) is 0. The zero-order chi connectivity index (χ0) is 20.1. The standard InChI is InChI=1S/C21H22O7/c1-4-10-26-18(22)12-27-19-14(8-9-17(24-2)20(19)25-3)13-6-5-7-15-16(13)11-28-21(15)23/h5-9H,4,10-12H2,1-3H3. The Morgan fingerprint density at radius 1 is 1.04 bits per heavy atom. The smallest absolute Gasteiger partial charge is 0.344 e. The summed E-state index contributed by atoms with van der Waals surface area (Å²) < 4.78 is 26.9. The van der Waals surface area contributed by atoms with Crippen molar-refractivity contribution in [3.05, 3.63) is 41.5 Å². The first-order valence-electron chi connectivity index (χ1n) is 8.93. The zero-order valence-electron chi connectivity index (χ0n) is 16.1. The van der Waals surface area contributed by atoms with E-state index in [4.69, 9.17) is 23.7 Å². The minimum atomic E-state index is -0.477. The molecule has 1 aliphatic rings. The Labute approximate surface area is 163 Å². The van der Waals surface area contributed by atoms with Gasteiger partial charge in [-0.1, -0.05) is 19.1 Å². The molecular weight excluding hydrogens is 364 g/mol. The van der Waals surface area contributed by atoms with Crippen LogP contribution in [-0.4, -0.2) is 39.4 Å². The van der Waals surface area contributed by atoms with E-state index in [2.05, 4.69) is 0 Å². The van der Waals surface area contributed by atoms with Gasteiger partial charge in [0.1, 0.15) is 6.61 Å². The summed E-state index contributed by atoms with van der Waals surface area (Å²) >= 11 is 0. The summed E-state index contributed by atoms with van der Waals surface area (Å²) in [5.74, 6) is 0.315. The van der Waals surface area contributed by atoms with Crippen LogP contribution in [0.3, 0.4) is 0 Å². The van der Waals surface area contributed by atoms with Gasteiger partial charge in [-0.3, -0.25) is 0 Å². The van der Waals surface area contributed by atoms with E-state index in [0.29, 0.717) is 35.0 Å². The van der Waals surface area contributed by atoms with Crippen molar-refractivity contribution in [1.82, 2.24) is 0 Å². The second-order valence-electron chi connectivity index (χ2n) is 6.09. The molecule has 0 bridgehead atoms. The fourth-order valence-corrected chi connectivity index (χ4v) is 3.04. The highest BCUT2D eigenvalue weighted by Crippen LogP contribution is 2.46. The van der Waals surface area contributed by atoms with Gasteiger partial charge in [-0.25, -0.2) is 9.59 Å². The zero-order valence-corrected chi connectivity index (χ0v) is 16.1. The third kappa shape index (κ3) is 3.74. The van der Waals surface area contributed by atoms with Gasteiger partial charge in [0.25, 0.3) is 0 Å². The molecular formula is C21H22O7. The molecule has 0 fully saturated rings. The summed E-state index contributed by atoms with van der Waals surface area (Å²) in [6.45, 7) is 2.14. The summed E-state index contributed by atoms with van der Waals surface area (Å²) in [6.07, 6.45) is 0.726. The minimum absolute atomic E-state index is 0.177. The Bertz CT molecular complexity index is 889. The quantitative estimate of drug-likeness (QED) is 0.644. The lowest BCUT2D eigenvalue weighted by Crippen LogP contribution is -2.16. The van der Waals surface area contributed by atoms with E-state index < -0.39 is 5.97 Å². The van der Waals surface area contributed by atoms with Gasteiger partial charge in [-0.05, 0) is 30.2 Å². The molecule has 1 aliphatic heterocycles. The molecule has 0 aliphatic carbocycles. The van der Waals surface area contributed by atoms with Crippen LogP contribution in [0.1, 0.15) is 29.3 Å². The Hall–Kier alpha value is -3.22. The number of ether oxygens (including phenoxy) is 5. The van der Waals surface area contributed by atoms with Crippen LogP contribution in [-0.2, 0) is 20.9 Å². The molecule has 0 saturated carbocycles. The first kappa shape index (κ1) is 19.5. The van der Waals surface area contributed by atoms with Crippen LogP contribution in [0.4, 0.5) is 0 Å². The first-order valence-corrected chi connectivity index (χ1v) is 8.93.